The van der Waals surface area contributed by atoms with Crippen LogP contribution >= 0.6 is 0 Å². The molecule has 0 atom stereocenters. The van der Waals surface area contributed by atoms with Gasteiger partial charge in [-0.05, 0) is 39.9 Å². The van der Waals surface area contributed by atoms with Crippen molar-refractivity contribution in [1.82, 2.24) is 4.90 Å². The topological polar surface area (TPSA) is 68.4 Å². The van der Waals surface area contributed by atoms with Crippen LogP contribution in [0.15, 0.2) is 10.3 Å². The van der Waals surface area contributed by atoms with Gasteiger partial charge in [0.2, 0.25) is 0 Å². The summed E-state index contributed by atoms with van der Waals surface area (Å²) in [5, 5.41) is 22.6. The molecule has 15 heavy (non-hydrogen) atoms. The number of hydrogen-bond acceptors (Lipinski definition) is 5. The minimum Gasteiger partial charge on any atom is -0.411 e. The summed E-state index contributed by atoms with van der Waals surface area (Å²) in [6, 6.07) is 0. The van der Waals surface area contributed by atoms with Gasteiger partial charge in [0.1, 0.15) is 5.71 Å². The smallest absolute Gasteiger partial charge is 0.101 e. The lowest BCUT2D eigenvalue weighted by atomic mass is 10.1. The Kier molecular flexibility index (Phi) is 8.76. The van der Waals surface area contributed by atoms with Crippen molar-refractivity contribution >= 4 is 11.9 Å². The highest BCUT2D eigenvalue weighted by molar-refractivity contribution is 6.30. The molecule has 0 aromatic heterocycles. The van der Waals surface area contributed by atoms with Gasteiger partial charge < -0.3 is 15.3 Å². The maximum absolute atomic E-state index is 8.51. The molecule has 0 saturated heterocycles. The summed E-state index contributed by atoms with van der Waals surface area (Å²) < 4.78 is 0. The third-order valence-corrected chi connectivity index (χ3v) is 2.12. The molecule has 0 bridgehead atoms. The summed E-state index contributed by atoms with van der Waals surface area (Å²) in [6.07, 6.45) is 6.24. The van der Waals surface area contributed by atoms with Crippen LogP contribution in [0.25, 0.3) is 0 Å². The third-order valence-electron chi connectivity index (χ3n) is 2.12. The Morgan fingerprint density at radius 1 is 1.13 bits per heavy atom. The average molecular weight is 215 g/mol. The first kappa shape index (κ1) is 13.9. The highest BCUT2D eigenvalue weighted by Gasteiger charge is 1.97. The lowest BCUT2D eigenvalue weighted by Gasteiger charge is -2.08. The second kappa shape index (κ2) is 9.45. The lowest BCUT2D eigenvalue weighted by molar-refractivity contribution is 0.314. The van der Waals surface area contributed by atoms with Crippen LogP contribution < -0.4 is 0 Å². The molecule has 0 radical (unpaired) electrons. The zero-order valence-corrected chi connectivity index (χ0v) is 9.56. The van der Waals surface area contributed by atoms with E-state index in [-0.39, 0.29) is 0 Å². The van der Waals surface area contributed by atoms with Crippen LogP contribution in [0.1, 0.15) is 32.1 Å². The molecule has 0 heterocycles. The standard InChI is InChI=1S/C10H21N3O2/c1-13(2)8-6-4-3-5-7-10(12-15)9-11-14/h9,14-15H,3-8H2,1-2H3/b11-9+,12-10-. The number of oxime groups is 2. The van der Waals surface area contributed by atoms with Gasteiger partial charge in [0.15, 0.2) is 0 Å². The van der Waals surface area contributed by atoms with E-state index in [0.29, 0.717) is 12.1 Å². The highest BCUT2D eigenvalue weighted by atomic mass is 16.4. The number of unbranched alkanes of at least 4 members (excludes halogenated alkanes) is 3. The molecule has 0 aliphatic carbocycles. The molecule has 0 unspecified atom stereocenters. The summed E-state index contributed by atoms with van der Waals surface area (Å²) in [6.45, 7) is 1.11. The fourth-order valence-corrected chi connectivity index (χ4v) is 1.29. The molecule has 0 saturated carbocycles. The monoisotopic (exact) mass is 215 g/mol. The van der Waals surface area contributed by atoms with Gasteiger partial charge in [-0.3, -0.25) is 0 Å². The second-order valence-corrected chi connectivity index (χ2v) is 3.80. The maximum atomic E-state index is 8.51. The molecule has 0 spiro atoms. The predicted molar refractivity (Wildman–Crippen MR) is 61.1 cm³/mol. The molecule has 0 amide bonds. The van der Waals surface area contributed by atoms with E-state index in [4.69, 9.17) is 10.4 Å². The molecule has 0 aliphatic heterocycles. The lowest BCUT2D eigenvalue weighted by Crippen LogP contribution is -2.12. The summed E-state index contributed by atoms with van der Waals surface area (Å²) in [7, 11) is 4.13. The Morgan fingerprint density at radius 2 is 1.80 bits per heavy atom. The van der Waals surface area contributed by atoms with E-state index in [1.165, 1.54) is 19.1 Å². The van der Waals surface area contributed by atoms with E-state index < -0.39 is 0 Å². The van der Waals surface area contributed by atoms with E-state index in [1.54, 1.807) is 0 Å². The van der Waals surface area contributed by atoms with Crippen LogP contribution in [0, 0.1) is 0 Å². The van der Waals surface area contributed by atoms with Crippen molar-refractivity contribution in [3.8, 4) is 0 Å². The number of hydrogen-bond donors (Lipinski definition) is 2. The van der Waals surface area contributed by atoms with Crippen molar-refractivity contribution in [2.24, 2.45) is 10.3 Å². The van der Waals surface area contributed by atoms with E-state index in [1.807, 2.05) is 0 Å². The average Bonchev–Trinajstić information content (AvgIpc) is 2.21. The molecular formula is C10H21N3O2. The van der Waals surface area contributed by atoms with E-state index in [0.717, 1.165) is 19.4 Å². The van der Waals surface area contributed by atoms with Crippen LogP contribution in [0.5, 0.6) is 0 Å². The van der Waals surface area contributed by atoms with Crippen LogP contribution in [-0.2, 0) is 0 Å². The first-order valence-electron chi connectivity index (χ1n) is 5.23. The quantitative estimate of drug-likeness (QED) is 0.281. The van der Waals surface area contributed by atoms with Gasteiger partial charge in [-0.2, -0.15) is 0 Å². The van der Waals surface area contributed by atoms with Crippen molar-refractivity contribution in [3.63, 3.8) is 0 Å². The molecule has 0 aromatic rings. The molecule has 0 aromatic carbocycles. The summed E-state index contributed by atoms with van der Waals surface area (Å²) >= 11 is 0. The molecule has 0 rings (SSSR count). The largest absolute Gasteiger partial charge is 0.411 e. The number of nitrogens with zero attached hydrogens (tertiary/aromatic N) is 3. The third kappa shape index (κ3) is 9.21. The maximum Gasteiger partial charge on any atom is 0.101 e. The van der Waals surface area contributed by atoms with Gasteiger partial charge >= 0.3 is 0 Å². The predicted octanol–water partition coefficient (Wildman–Crippen LogP) is 1.79. The Bertz CT molecular complexity index is 203. The van der Waals surface area contributed by atoms with Crippen molar-refractivity contribution in [3.05, 3.63) is 0 Å². The molecule has 5 nitrogen and oxygen atoms in total. The van der Waals surface area contributed by atoms with Crippen molar-refractivity contribution < 1.29 is 10.4 Å². The fraction of sp³-hybridized carbons (Fsp3) is 0.800. The van der Waals surface area contributed by atoms with Gasteiger partial charge in [-0.15, -0.1) is 0 Å². The van der Waals surface area contributed by atoms with Gasteiger partial charge in [-0.25, -0.2) is 0 Å². The first-order valence-corrected chi connectivity index (χ1v) is 5.23. The SMILES string of the molecule is CN(C)CCCCCCC(/C=N/O)=N/O. The fourth-order valence-electron chi connectivity index (χ4n) is 1.29. The van der Waals surface area contributed by atoms with Crippen LogP contribution in [0.3, 0.4) is 0 Å². The van der Waals surface area contributed by atoms with E-state index >= 15 is 0 Å². The van der Waals surface area contributed by atoms with Gasteiger partial charge in [0.05, 0.1) is 6.21 Å². The normalized spacial score (nSPS) is 12.9. The molecule has 5 heteroatoms. The summed E-state index contributed by atoms with van der Waals surface area (Å²) in [5.41, 5.74) is 0.421. The van der Waals surface area contributed by atoms with Gasteiger partial charge in [0, 0.05) is 0 Å². The zero-order valence-electron chi connectivity index (χ0n) is 9.56. The van der Waals surface area contributed by atoms with Crippen molar-refractivity contribution in [2.75, 3.05) is 20.6 Å². The highest BCUT2D eigenvalue weighted by Crippen LogP contribution is 2.04. The zero-order chi connectivity index (χ0) is 11.5. The van der Waals surface area contributed by atoms with Crippen molar-refractivity contribution in [2.45, 2.75) is 32.1 Å². The summed E-state index contributed by atoms with van der Waals surface area (Å²) in [5.74, 6) is 0. The molecule has 0 fully saturated rings. The van der Waals surface area contributed by atoms with Crippen LogP contribution in [-0.4, -0.2) is 47.9 Å². The Hall–Kier alpha value is -1.10. The van der Waals surface area contributed by atoms with Gasteiger partial charge in [-0.1, -0.05) is 23.2 Å². The number of rotatable bonds is 8. The summed E-state index contributed by atoms with van der Waals surface area (Å²) in [4.78, 5) is 2.17. The van der Waals surface area contributed by atoms with Crippen LogP contribution in [0.4, 0.5) is 0 Å². The first-order chi connectivity index (χ1) is 7.20. The minimum atomic E-state index is 0.421. The van der Waals surface area contributed by atoms with Gasteiger partial charge in [0.25, 0.3) is 0 Å². The van der Waals surface area contributed by atoms with Crippen LogP contribution in [0.2, 0.25) is 0 Å². The van der Waals surface area contributed by atoms with E-state index in [2.05, 4.69) is 29.3 Å². The molecule has 2 N–H and O–H groups in total. The Labute approximate surface area is 91.1 Å². The minimum absolute atomic E-state index is 0.421. The van der Waals surface area contributed by atoms with Crippen molar-refractivity contribution in [1.29, 1.82) is 0 Å². The Balaban J connectivity index is 3.37. The second-order valence-electron chi connectivity index (χ2n) is 3.80. The molecule has 88 valence electrons. The Morgan fingerprint density at radius 3 is 2.33 bits per heavy atom. The van der Waals surface area contributed by atoms with E-state index in [9.17, 15) is 0 Å². The molecule has 0 aliphatic rings. The molecular weight excluding hydrogens is 194 g/mol.